The average Bonchev–Trinajstić information content (AvgIpc) is 3.01. The normalized spacial score (nSPS) is 24.5. The maximum Gasteiger partial charge on any atom is 0.342 e. The molecule has 0 spiro atoms. The zero-order chi connectivity index (χ0) is 36.5. The van der Waals surface area contributed by atoms with Gasteiger partial charge in [-0.1, -0.05) is 88.8 Å². The highest BCUT2D eigenvalue weighted by Gasteiger charge is 2.55. The Labute approximate surface area is 309 Å². The van der Waals surface area contributed by atoms with Crippen LogP contribution in [0.3, 0.4) is 0 Å². The molecule has 1 aliphatic heterocycles. The number of aliphatic hydroxyl groups excluding tert-OH is 3. The second kappa shape index (κ2) is 15.8. The minimum atomic E-state index is -4.34. The number of ether oxygens (including phenoxy) is 2. The van der Waals surface area contributed by atoms with Gasteiger partial charge in [-0.2, -0.15) is 8.42 Å². The molecule has 6 unspecified atom stereocenters. The molecule has 0 saturated carbocycles. The van der Waals surface area contributed by atoms with E-state index in [2.05, 4.69) is 12.4 Å². The molecule has 3 aromatic rings. The average molecular weight is 817 g/mol. The third-order valence-electron chi connectivity index (χ3n) is 7.51. The Hall–Kier alpha value is -1.88. The molecule has 266 valence electrons. The van der Waals surface area contributed by atoms with Crippen molar-refractivity contribution >= 4 is 83.8 Å². The number of benzene rings is 3. The molecule has 1 fully saturated rings. The van der Waals surface area contributed by atoms with Crippen molar-refractivity contribution in [3.05, 3.63) is 114 Å². The van der Waals surface area contributed by atoms with Gasteiger partial charge in [0.25, 0.3) is 0 Å². The molecule has 1 heterocycles. The number of hydrogen-bond donors (Lipinski definition) is 3. The lowest BCUT2D eigenvalue weighted by molar-refractivity contribution is -0.365. The first-order valence-electron chi connectivity index (χ1n) is 14.1. The van der Waals surface area contributed by atoms with E-state index < -0.39 is 56.7 Å². The number of hydrogen-bond acceptors (Lipinski definition) is 10. The minimum absolute atomic E-state index is 0.00264. The highest BCUT2D eigenvalue weighted by atomic mass is 35.5. The van der Waals surface area contributed by atoms with Crippen LogP contribution in [0.2, 0.25) is 15.1 Å². The van der Waals surface area contributed by atoms with Crippen LogP contribution in [0.25, 0.3) is 0 Å². The van der Waals surface area contributed by atoms with Crippen LogP contribution in [-0.4, -0.2) is 71.9 Å². The largest absolute Gasteiger partial charge is 0.387 e. The molecular weight excluding hydrogens is 786 g/mol. The molecule has 6 atom stereocenters. The second-order valence-electron chi connectivity index (χ2n) is 10.8. The third-order valence-corrected chi connectivity index (χ3v) is 12.4. The Morgan fingerprint density at radius 3 is 2.10 bits per heavy atom. The van der Waals surface area contributed by atoms with Gasteiger partial charge in [-0.3, -0.25) is 4.18 Å². The predicted molar refractivity (Wildman–Crippen MR) is 191 cm³/mol. The van der Waals surface area contributed by atoms with Crippen LogP contribution in [0.1, 0.15) is 23.6 Å². The Bertz CT molecular complexity index is 1950. The lowest BCUT2D eigenvalue weighted by atomic mass is 9.87. The van der Waals surface area contributed by atoms with Crippen molar-refractivity contribution in [3.63, 3.8) is 0 Å². The van der Waals surface area contributed by atoms with E-state index in [1.807, 2.05) is 0 Å². The van der Waals surface area contributed by atoms with E-state index in [4.69, 9.17) is 75.8 Å². The van der Waals surface area contributed by atoms with Crippen molar-refractivity contribution in [2.75, 3.05) is 13.7 Å². The van der Waals surface area contributed by atoms with Crippen molar-refractivity contribution in [2.24, 2.45) is 0 Å². The number of rotatable bonds is 12. The van der Waals surface area contributed by atoms with Gasteiger partial charge < -0.3 is 29.0 Å². The summed E-state index contributed by atoms with van der Waals surface area (Å²) < 4.78 is 61.4. The van der Waals surface area contributed by atoms with E-state index in [9.17, 15) is 27.9 Å². The van der Waals surface area contributed by atoms with E-state index in [0.717, 1.165) is 0 Å². The molecule has 3 N–H and O–H groups in total. The van der Waals surface area contributed by atoms with Crippen molar-refractivity contribution in [3.8, 4) is 5.75 Å². The lowest BCUT2D eigenvalue weighted by Crippen LogP contribution is -2.64. The molecule has 0 aromatic heterocycles. The maximum absolute atomic E-state index is 13.2. The van der Waals surface area contributed by atoms with Gasteiger partial charge in [0, 0.05) is 22.7 Å². The van der Waals surface area contributed by atoms with Crippen molar-refractivity contribution < 1.29 is 45.8 Å². The smallest absolute Gasteiger partial charge is 0.342 e. The van der Waals surface area contributed by atoms with Gasteiger partial charge in [0.15, 0.2) is 0 Å². The fourth-order valence-electron chi connectivity index (χ4n) is 5.16. The first kappa shape index (κ1) is 39.9. The van der Waals surface area contributed by atoms with E-state index in [0.29, 0.717) is 16.1 Å². The maximum atomic E-state index is 13.2. The van der Waals surface area contributed by atoms with Crippen LogP contribution in [-0.2, 0) is 45.8 Å². The van der Waals surface area contributed by atoms with Crippen LogP contribution >= 0.6 is 58.0 Å². The summed E-state index contributed by atoms with van der Waals surface area (Å²) in [6.07, 6.45) is -6.51. The van der Waals surface area contributed by atoms with E-state index in [1.54, 1.807) is 18.2 Å². The SMILES string of the molecule is C=C(Cl)C(=C(C)Cl)S(=C)(=O)OCC1OC(OC)(c2ccc(Cl)c(Cc3ccc(OS(=O)(=O)c4c(Cl)cccc4Cl)cc3)c2)C(O)C(O)C1O. The van der Waals surface area contributed by atoms with Crippen LogP contribution < -0.4 is 4.18 Å². The van der Waals surface area contributed by atoms with E-state index >= 15 is 0 Å². The molecule has 0 amide bonds. The molecule has 17 heteroatoms. The van der Waals surface area contributed by atoms with Gasteiger partial charge in [-0.25, -0.2) is 4.21 Å². The van der Waals surface area contributed by atoms with Crippen LogP contribution in [0.5, 0.6) is 5.75 Å². The van der Waals surface area contributed by atoms with E-state index in [1.165, 1.54) is 56.5 Å². The number of allylic oxidation sites excluding steroid dienone is 2. The fraction of sp³-hybridized carbons (Fsp3) is 0.281. The topological polar surface area (TPSA) is 149 Å². The molecule has 1 aliphatic rings. The molecule has 10 nitrogen and oxygen atoms in total. The minimum Gasteiger partial charge on any atom is -0.387 e. The third kappa shape index (κ3) is 8.61. The molecule has 0 aliphatic carbocycles. The predicted octanol–water partition coefficient (Wildman–Crippen LogP) is 6.16. The molecule has 0 bridgehead atoms. The number of methoxy groups -OCH3 is 1. The van der Waals surface area contributed by atoms with Crippen LogP contribution in [0.15, 0.2) is 87.1 Å². The summed E-state index contributed by atoms with van der Waals surface area (Å²) in [6, 6.07) is 15.0. The Morgan fingerprint density at radius 2 is 1.55 bits per heavy atom. The summed E-state index contributed by atoms with van der Waals surface area (Å²) in [7, 11) is -6.71. The van der Waals surface area contributed by atoms with Crippen LogP contribution in [0.4, 0.5) is 0 Å². The standard InChI is InChI=1S/C32H31Cl5O10S2/c1-17(33)29(18(2)34)48(4,41)45-16-26-27(38)28(39)31(40)32(44-3,46-26)21-10-13-23(35)20(15-21)14-19-8-11-22(12-9-19)47-49(42,43)30-24(36)6-5-7-25(30)37/h5-13,15,26-28,31,38-40H,1,4,14,16H2,2-3H3. The molecule has 49 heavy (non-hydrogen) atoms. The van der Waals surface area contributed by atoms with Gasteiger partial charge >= 0.3 is 10.1 Å². The first-order valence-corrected chi connectivity index (χ1v) is 19.1. The Kier molecular flexibility index (Phi) is 12.9. The highest BCUT2D eigenvalue weighted by Crippen LogP contribution is 2.41. The zero-order valence-corrected chi connectivity index (χ0v) is 31.2. The quantitative estimate of drug-likeness (QED) is 0.110. The van der Waals surface area contributed by atoms with Crippen molar-refractivity contribution in [1.82, 2.24) is 0 Å². The van der Waals surface area contributed by atoms with Gasteiger partial charge in [-0.15, -0.1) is 0 Å². The summed E-state index contributed by atoms with van der Waals surface area (Å²) in [5.74, 6) is 1.49. The summed E-state index contributed by atoms with van der Waals surface area (Å²) in [4.78, 5) is -0.502. The number of aliphatic hydroxyl groups is 3. The fourth-order valence-corrected chi connectivity index (χ4v) is 9.62. The van der Waals surface area contributed by atoms with Gasteiger partial charge in [0.05, 0.1) is 26.6 Å². The molecule has 0 radical (unpaired) electrons. The highest BCUT2D eigenvalue weighted by molar-refractivity contribution is 8.00. The number of halogens is 5. The van der Waals surface area contributed by atoms with Crippen molar-refractivity contribution in [1.29, 1.82) is 0 Å². The first-order chi connectivity index (χ1) is 22.8. The summed E-state index contributed by atoms with van der Waals surface area (Å²) in [6.45, 7) is 4.36. The van der Waals surface area contributed by atoms with Gasteiger partial charge in [-0.05, 0) is 66.7 Å². The summed E-state index contributed by atoms with van der Waals surface area (Å²) in [5.41, 5.74) is 1.42. The van der Waals surface area contributed by atoms with E-state index in [-0.39, 0.29) is 47.6 Å². The summed E-state index contributed by atoms with van der Waals surface area (Å²) in [5, 5.41) is 32.8. The van der Waals surface area contributed by atoms with Gasteiger partial charge in [0.2, 0.25) is 5.79 Å². The molecule has 1 saturated heterocycles. The zero-order valence-electron chi connectivity index (χ0n) is 25.8. The summed E-state index contributed by atoms with van der Waals surface area (Å²) >= 11 is 30.6. The molecule has 4 rings (SSSR count). The monoisotopic (exact) mass is 814 g/mol. The second-order valence-corrected chi connectivity index (χ2v) is 16.4. The Morgan fingerprint density at radius 1 is 0.939 bits per heavy atom. The molecule has 3 aromatic carbocycles. The van der Waals surface area contributed by atoms with Crippen LogP contribution in [0, 0.1) is 0 Å². The Balaban J connectivity index is 1.59. The van der Waals surface area contributed by atoms with Gasteiger partial charge in [0.1, 0.15) is 44.9 Å². The lowest BCUT2D eigenvalue weighted by Gasteiger charge is -2.48. The molecular formula is C32H31Cl5O10S2. The van der Waals surface area contributed by atoms with Crippen molar-refractivity contribution in [2.45, 2.75) is 48.4 Å².